The van der Waals surface area contributed by atoms with E-state index in [4.69, 9.17) is 19.4 Å². The fourth-order valence-electron chi connectivity index (χ4n) is 3.15. The highest BCUT2D eigenvalue weighted by Gasteiger charge is 2.46. The van der Waals surface area contributed by atoms with Crippen molar-refractivity contribution >= 4 is 43.1 Å². The molecule has 1 aliphatic heterocycles. The quantitative estimate of drug-likeness (QED) is 0.470. The molecule has 1 saturated heterocycles. The van der Waals surface area contributed by atoms with Crippen molar-refractivity contribution in [2.75, 3.05) is 0 Å². The Kier molecular flexibility index (Phi) is 3.43. The molecule has 2 aromatic heterocycles. The lowest BCUT2D eigenvalue weighted by Crippen LogP contribution is -2.19. The molecule has 0 amide bonds. The molecule has 25 heavy (non-hydrogen) atoms. The average molecular weight is 368 g/mol. The number of aromatic nitrogens is 2. The summed E-state index contributed by atoms with van der Waals surface area (Å²) in [5.41, 5.74) is 2.00. The monoisotopic (exact) mass is 368 g/mol. The van der Waals surface area contributed by atoms with Crippen molar-refractivity contribution in [3.05, 3.63) is 58.5 Å². The summed E-state index contributed by atoms with van der Waals surface area (Å²) in [6.45, 7) is 3.89. The Hall–Kier alpha value is -1.86. The fourth-order valence-corrected chi connectivity index (χ4v) is 5.19. The van der Waals surface area contributed by atoms with Crippen LogP contribution in [-0.4, -0.2) is 15.8 Å². The summed E-state index contributed by atoms with van der Waals surface area (Å²) in [4.78, 5) is 9.56. The van der Waals surface area contributed by atoms with Crippen LogP contribution in [0, 0.1) is 0 Å². The zero-order valence-corrected chi connectivity index (χ0v) is 15.4. The molecule has 6 heteroatoms. The normalized spacial score (nSPS) is 22.8. The lowest BCUT2D eigenvalue weighted by atomic mass is 10.2. The van der Waals surface area contributed by atoms with Gasteiger partial charge in [0.15, 0.2) is 5.79 Å². The van der Waals surface area contributed by atoms with Crippen molar-refractivity contribution in [2.24, 2.45) is 0 Å². The van der Waals surface area contributed by atoms with Gasteiger partial charge < -0.3 is 9.47 Å². The second kappa shape index (κ2) is 5.57. The van der Waals surface area contributed by atoms with E-state index in [1.165, 1.54) is 0 Å². The minimum atomic E-state index is -0.662. The van der Waals surface area contributed by atoms with Gasteiger partial charge in [-0.25, -0.2) is 9.97 Å². The third kappa shape index (κ3) is 2.66. The van der Waals surface area contributed by atoms with Crippen LogP contribution in [0.25, 0.3) is 20.4 Å². The molecule has 0 aliphatic carbocycles. The largest absolute Gasteiger partial charge is 0.337 e. The summed E-state index contributed by atoms with van der Waals surface area (Å²) in [5.74, 6) is -0.662. The Morgan fingerprint density at radius 1 is 0.760 bits per heavy atom. The molecule has 2 atom stereocenters. The molecule has 5 rings (SSSR count). The second-order valence-corrected chi connectivity index (χ2v) is 8.64. The lowest BCUT2D eigenvalue weighted by molar-refractivity contribution is -0.147. The maximum atomic E-state index is 6.22. The van der Waals surface area contributed by atoms with Gasteiger partial charge in [0, 0.05) is 0 Å². The number of nitrogens with zero attached hydrogens (tertiary/aromatic N) is 2. The van der Waals surface area contributed by atoms with Crippen LogP contribution in [0.2, 0.25) is 0 Å². The molecule has 3 heterocycles. The predicted molar refractivity (Wildman–Crippen MR) is 101 cm³/mol. The third-order valence-corrected chi connectivity index (χ3v) is 6.40. The highest BCUT2D eigenvalue weighted by atomic mass is 32.1. The minimum absolute atomic E-state index is 0.243. The molecule has 2 aromatic carbocycles. The fraction of sp³-hybridized carbons (Fsp3) is 0.263. The summed E-state index contributed by atoms with van der Waals surface area (Å²) < 4.78 is 14.8. The number of thiazole rings is 2. The van der Waals surface area contributed by atoms with Gasteiger partial charge in [-0.05, 0) is 38.1 Å². The molecular weight excluding hydrogens is 352 g/mol. The van der Waals surface area contributed by atoms with E-state index >= 15 is 0 Å². The van der Waals surface area contributed by atoms with Gasteiger partial charge >= 0.3 is 0 Å². The van der Waals surface area contributed by atoms with E-state index in [9.17, 15) is 0 Å². The number of hydrogen-bond acceptors (Lipinski definition) is 6. The van der Waals surface area contributed by atoms with Gasteiger partial charge in [-0.15, -0.1) is 22.7 Å². The highest BCUT2D eigenvalue weighted by molar-refractivity contribution is 7.19. The molecular formula is C19H16N2O2S2. The van der Waals surface area contributed by atoms with E-state index in [2.05, 4.69) is 12.1 Å². The first-order valence-corrected chi connectivity index (χ1v) is 9.79. The van der Waals surface area contributed by atoms with Crippen LogP contribution in [-0.2, 0) is 9.47 Å². The van der Waals surface area contributed by atoms with Crippen molar-refractivity contribution in [3.8, 4) is 0 Å². The maximum absolute atomic E-state index is 6.22. The van der Waals surface area contributed by atoms with Crippen LogP contribution in [0.15, 0.2) is 48.5 Å². The first-order chi connectivity index (χ1) is 12.1. The van der Waals surface area contributed by atoms with E-state index in [0.29, 0.717) is 0 Å². The van der Waals surface area contributed by atoms with Crippen molar-refractivity contribution < 1.29 is 9.47 Å². The summed E-state index contributed by atoms with van der Waals surface area (Å²) in [6, 6.07) is 16.3. The van der Waals surface area contributed by atoms with Gasteiger partial charge in [-0.1, -0.05) is 24.3 Å². The third-order valence-electron chi connectivity index (χ3n) is 4.20. The van der Waals surface area contributed by atoms with Crippen LogP contribution >= 0.6 is 22.7 Å². The maximum Gasteiger partial charge on any atom is 0.164 e. The van der Waals surface area contributed by atoms with E-state index in [-0.39, 0.29) is 12.2 Å². The SMILES string of the molecule is CC1(C)O[C@@H](c2nc3ccccc3s2)[C@H](c2nc3ccccc3s2)O1. The van der Waals surface area contributed by atoms with Gasteiger partial charge in [0.05, 0.1) is 20.4 Å². The Bertz CT molecular complexity index is 919. The van der Waals surface area contributed by atoms with Crippen LogP contribution in [0.3, 0.4) is 0 Å². The van der Waals surface area contributed by atoms with Crippen molar-refractivity contribution in [2.45, 2.75) is 31.8 Å². The summed E-state index contributed by atoms with van der Waals surface area (Å²) in [6.07, 6.45) is -0.485. The topological polar surface area (TPSA) is 44.2 Å². The second-order valence-electron chi connectivity index (χ2n) is 6.52. The molecule has 0 bridgehead atoms. The standard InChI is InChI=1S/C19H16N2O2S2/c1-19(2)22-15(17-20-11-7-3-5-9-13(11)24-17)16(23-19)18-21-12-8-4-6-10-14(12)25-18/h3-10,15-16H,1-2H3/t15-,16-/m1/s1. The van der Waals surface area contributed by atoms with Gasteiger partial charge in [-0.3, -0.25) is 0 Å². The van der Waals surface area contributed by atoms with E-state index in [1.54, 1.807) is 22.7 Å². The number of hydrogen-bond donors (Lipinski definition) is 0. The summed E-state index contributed by atoms with van der Waals surface area (Å²) in [7, 11) is 0. The zero-order valence-electron chi connectivity index (χ0n) is 13.8. The first kappa shape index (κ1) is 15.4. The Labute approximate surface area is 153 Å². The van der Waals surface area contributed by atoms with Crippen molar-refractivity contribution in [1.29, 1.82) is 0 Å². The summed E-state index contributed by atoms with van der Waals surface area (Å²) >= 11 is 3.32. The minimum Gasteiger partial charge on any atom is -0.337 e. The molecule has 126 valence electrons. The molecule has 0 spiro atoms. The van der Waals surface area contributed by atoms with E-state index < -0.39 is 5.79 Å². The molecule has 1 aliphatic rings. The number of para-hydroxylation sites is 2. The average Bonchev–Trinajstić information content (AvgIpc) is 3.27. The van der Waals surface area contributed by atoms with Crippen molar-refractivity contribution in [3.63, 3.8) is 0 Å². The number of ether oxygens (including phenoxy) is 2. The Morgan fingerprint density at radius 2 is 1.20 bits per heavy atom. The molecule has 4 aromatic rings. The van der Waals surface area contributed by atoms with Gasteiger partial charge in [0.2, 0.25) is 0 Å². The molecule has 0 N–H and O–H groups in total. The number of benzene rings is 2. The van der Waals surface area contributed by atoms with Crippen LogP contribution in [0.1, 0.15) is 36.1 Å². The number of rotatable bonds is 2. The lowest BCUT2D eigenvalue weighted by Gasteiger charge is -2.15. The van der Waals surface area contributed by atoms with Gasteiger partial charge in [0.25, 0.3) is 0 Å². The smallest absolute Gasteiger partial charge is 0.164 e. The first-order valence-electron chi connectivity index (χ1n) is 8.16. The van der Waals surface area contributed by atoms with Crippen LogP contribution in [0.5, 0.6) is 0 Å². The van der Waals surface area contributed by atoms with Crippen molar-refractivity contribution in [1.82, 2.24) is 9.97 Å². The van der Waals surface area contributed by atoms with Crippen LogP contribution < -0.4 is 0 Å². The molecule has 0 saturated carbocycles. The van der Waals surface area contributed by atoms with Gasteiger partial charge in [-0.2, -0.15) is 0 Å². The molecule has 1 fully saturated rings. The molecule has 0 unspecified atom stereocenters. The highest BCUT2D eigenvalue weighted by Crippen LogP contribution is 2.49. The number of fused-ring (bicyclic) bond motifs is 2. The van der Waals surface area contributed by atoms with E-state index in [0.717, 1.165) is 30.4 Å². The Morgan fingerprint density at radius 3 is 1.64 bits per heavy atom. The van der Waals surface area contributed by atoms with Crippen LogP contribution in [0.4, 0.5) is 0 Å². The molecule has 0 radical (unpaired) electrons. The predicted octanol–water partition coefficient (Wildman–Crippen LogP) is 5.47. The Balaban J connectivity index is 1.60. The van der Waals surface area contributed by atoms with E-state index in [1.807, 2.05) is 50.2 Å². The zero-order chi connectivity index (χ0) is 17.0. The summed E-state index contributed by atoms with van der Waals surface area (Å²) in [5, 5.41) is 1.88. The van der Waals surface area contributed by atoms with Gasteiger partial charge in [0.1, 0.15) is 22.2 Å². The molecule has 4 nitrogen and oxygen atoms in total.